The number of hydrogen-bond acceptors (Lipinski definition) is 5. The van der Waals surface area contributed by atoms with Crippen LogP contribution < -0.4 is 5.73 Å². The third kappa shape index (κ3) is 1.49. The van der Waals surface area contributed by atoms with Crippen LogP contribution in [0, 0.1) is 0 Å². The predicted octanol–water partition coefficient (Wildman–Crippen LogP) is 0.662. The Bertz CT molecular complexity index is 589. The lowest BCUT2D eigenvalue weighted by Gasteiger charge is -2.31. The van der Waals surface area contributed by atoms with Crippen molar-refractivity contribution in [1.82, 2.24) is 19.5 Å². The van der Waals surface area contributed by atoms with Crippen molar-refractivity contribution in [3.8, 4) is 0 Å². The fraction of sp³-hybridized carbons (Fsp3) is 0.364. The minimum absolute atomic E-state index is 0.0790. The van der Waals surface area contributed by atoms with E-state index in [0.29, 0.717) is 11.3 Å². The summed E-state index contributed by atoms with van der Waals surface area (Å²) in [6, 6.07) is 0.251. The molecule has 0 radical (unpaired) electrons. The standard InChI is InChI=1S/C11H13N5O/c12-10-9-11(14-5-13-10)16(6-15-9)8-2-1-7(8)3-4-17/h3,5-6,8,17H,1-2,4H2,(H2,12,13,14)/b7-3+. The van der Waals surface area contributed by atoms with E-state index < -0.39 is 0 Å². The van der Waals surface area contributed by atoms with Crippen molar-refractivity contribution in [2.24, 2.45) is 0 Å². The highest BCUT2D eigenvalue weighted by Crippen LogP contribution is 2.39. The SMILES string of the molecule is Nc1ncnc2c1ncn2C1CC/C1=C\CO. The van der Waals surface area contributed by atoms with Crippen LogP contribution >= 0.6 is 0 Å². The van der Waals surface area contributed by atoms with E-state index in [1.807, 2.05) is 10.6 Å². The quantitative estimate of drug-likeness (QED) is 0.741. The summed E-state index contributed by atoms with van der Waals surface area (Å²) >= 11 is 0. The van der Waals surface area contributed by atoms with Gasteiger partial charge in [-0.3, -0.25) is 0 Å². The number of rotatable bonds is 2. The highest BCUT2D eigenvalue weighted by Gasteiger charge is 2.27. The first kappa shape index (κ1) is 10.2. The van der Waals surface area contributed by atoms with Crippen LogP contribution in [0.4, 0.5) is 5.82 Å². The number of hydrogen-bond donors (Lipinski definition) is 2. The van der Waals surface area contributed by atoms with Crippen molar-refractivity contribution in [3.63, 3.8) is 0 Å². The van der Waals surface area contributed by atoms with Gasteiger partial charge in [0.2, 0.25) is 0 Å². The van der Waals surface area contributed by atoms with Crippen molar-refractivity contribution in [2.75, 3.05) is 12.3 Å². The normalized spacial score (nSPS) is 21.9. The summed E-state index contributed by atoms with van der Waals surface area (Å²) in [5, 5.41) is 8.93. The number of nitrogen functional groups attached to an aromatic ring is 1. The maximum atomic E-state index is 8.93. The van der Waals surface area contributed by atoms with Gasteiger partial charge in [-0.25, -0.2) is 15.0 Å². The Morgan fingerprint density at radius 3 is 3.06 bits per heavy atom. The smallest absolute Gasteiger partial charge is 0.165 e. The summed E-state index contributed by atoms with van der Waals surface area (Å²) in [5.41, 5.74) is 8.36. The van der Waals surface area contributed by atoms with Gasteiger partial charge in [0.15, 0.2) is 11.5 Å². The molecule has 0 aromatic carbocycles. The minimum atomic E-state index is 0.0790. The van der Waals surface area contributed by atoms with E-state index in [1.165, 1.54) is 11.9 Å². The number of allylic oxidation sites excluding steroid dienone is 1. The maximum absolute atomic E-state index is 8.93. The van der Waals surface area contributed by atoms with E-state index in [-0.39, 0.29) is 12.6 Å². The van der Waals surface area contributed by atoms with Gasteiger partial charge in [-0.2, -0.15) is 0 Å². The van der Waals surface area contributed by atoms with Gasteiger partial charge in [0.25, 0.3) is 0 Å². The molecule has 3 N–H and O–H groups in total. The summed E-state index contributed by atoms with van der Waals surface area (Å²) in [6.45, 7) is 0.0790. The molecule has 88 valence electrons. The van der Waals surface area contributed by atoms with Gasteiger partial charge in [0.1, 0.15) is 11.8 Å². The van der Waals surface area contributed by atoms with Gasteiger partial charge < -0.3 is 15.4 Å². The Balaban J connectivity index is 2.07. The molecule has 3 rings (SSSR count). The topological polar surface area (TPSA) is 89.9 Å². The lowest BCUT2D eigenvalue weighted by Crippen LogP contribution is -2.20. The summed E-state index contributed by atoms with van der Waals surface area (Å²) in [6.07, 6.45) is 7.10. The molecule has 1 unspecified atom stereocenters. The molecule has 2 aromatic heterocycles. The van der Waals surface area contributed by atoms with Crippen molar-refractivity contribution in [3.05, 3.63) is 24.3 Å². The van der Waals surface area contributed by atoms with E-state index in [0.717, 1.165) is 18.5 Å². The zero-order valence-corrected chi connectivity index (χ0v) is 9.24. The third-order valence-corrected chi connectivity index (χ3v) is 3.21. The van der Waals surface area contributed by atoms with Crippen LogP contribution in [0.5, 0.6) is 0 Å². The van der Waals surface area contributed by atoms with Crippen LogP contribution in [0.3, 0.4) is 0 Å². The van der Waals surface area contributed by atoms with E-state index in [1.54, 1.807) is 6.33 Å². The highest BCUT2D eigenvalue weighted by molar-refractivity contribution is 5.81. The lowest BCUT2D eigenvalue weighted by molar-refractivity contribution is 0.334. The molecule has 0 aliphatic heterocycles. The molecule has 1 atom stereocenters. The van der Waals surface area contributed by atoms with E-state index >= 15 is 0 Å². The number of aliphatic hydroxyl groups is 1. The molecule has 1 fully saturated rings. The number of aromatic nitrogens is 4. The van der Waals surface area contributed by atoms with Gasteiger partial charge in [-0.1, -0.05) is 6.08 Å². The number of anilines is 1. The molecular formula is C11H13N5O. The molecule has 0 bridgehead atoms. The number of imidazole rings is 1. The monoisotopic (exact) mass is 231 g/mol. The number of fused-ring (bicyclic) bond motifs is 1. The molecule has 1 aliphatic carbocycles. The van der Waals surface area contributed by atoms with Crippen LogP contribution in [0.1, 0.15) is 18.9 Å². The molecule has 2 heterocycles. The second kappa shape index (κ2) is 3.81. The zero-order chi connectivity index (χ0) is 11.8. The Morgan fingerprint density at radius 1 is 1.47 bits per heavy atom. The Hall–Kier alpha value is -1.95. The molecule has 2 aromatic rings. The van der Waals surface area contributed by atoms with Crippen LogP contribution in [0.25, 0.3) is 11.2 Å². The minimum Gasteiger partial charge on any atom is -0.392 e. The Kier molecular flexibility index (Phi) is 2.29. The summed E-state index contributed by atoms with van der Waals surface area (Å²) in [4.78, 5) is 12.4. The largest absolute Gasteiger partial charge is 0.392 e. The molecule has 6 nitrogen and oxygen atoms in total. The van der Waals surface area contributed by atoms with Gasteiger partial charge >= 0.3 is 0 Å². The fourth-order valence-corrected chi connectivity index (χ4v) is 2.21. The molecule has 6 heteroatoms. The van der Waals surface area contributed by atoms with Crippen LogP contribution in [-0.4, -0.2) is 31.2 Å². The van der Waals surface area contributed by atoms with Crippen LogP contribution in [0.2, 0.25) is 0 Å². The predicted molar refractivity (Wildman–Crippen MR) is 63.2 cm³/mol. The average Bonchev–Trinajstić information content (AvgIpc) is 2.70. The number of nitrogens with zero attached hydrogens (tertiary/aromatic N) is 4. The highest BCUT2D eigenvalue weighted by atomic mass is 16.2. The summed E-state index contributed by atoms with van der Waals surface area (Å²) in [5.74, 6) is 0.403. The average molecular weight is 231 g/mol. The molecular weight excluding hydrogens is 218 g/mol. The summed E-state index contributed by atoms with van der Waals surface area (Å²) in [7, 11) is 0. The number of nitrogens with two attached hydrogens (primary N) is 1. The molecule has 0 spiro atoms. The molecule has 1 saturated carbocycles. The summed E-state index contributed by atoms with van der Waals surface area (Å²) < 4.78 is 2.00. The maximum Gasteiger partial charge on any atom is 0.165 e. The first-order valence-corrected chi connectivity index (χ1v) is 5.54. The molecule has 1 aliphatic rings. The molecule has 0 amide bonds. The van der Waals surface area contributed by atoms with Crippen molar-refractivity contribution >= 4 is 17.0 Å². The van der Waals surface area contributed by atoms with Crippen LogP contribution in [0.15, 0.2) is 24.3 Å². The second-order valence-corrected chi connectivity index (χ2v) is 4.10. The van der Waals surface area contributed by atoms with Gasteiger partial charge in [-0.15, -0.1) is 0 Å². The molecule has 0 saturated heterocycles. The van der Waals surface area contributed by atoms with Crippen molar-refractivity contribution < 1.29 is 5.11 Å². The Morgan fingerprint density at radius 2 is 2.35 bits per heavy atom. The Labute approximate surface area is 97.8 Å². The molecule has 17 heavy (non-hydrogen) atoms. The van der Waals surface area contributed by atoms with E-state index in [2.05, 4.69) is 15.0 Å². The van der Waals surface area contributed by atoms with Gasteiger partial charge in [0, 0.05) is 0 Å². The fourth-order valence-electron chi connectivity index (χ4n) is 2.21. The van der Waals surface area contributed by atoms with Crippen LogP contribution in [-0.2, 0) is 0 Å². The van der Waals surface area contributed by atoms with E-state index in [4.69, 9.17) is 10.8 Å². The second-order valence-electron chi connectivity index (χ2n) is 4.10. The third-order valence-electron chi connectivity index (χ3n) is 3.21. The van der Waals surface area contributed by atoms with Crippen molar-refractivity contribution in [2.45, 2.75) is 18.9 Å². The van der Waals surface area contributed by atoms with Gasteiger partial charge in [-0.05, 0) is 18.4 Å². The van der Waals surface area contributed by atoms with Gasteiger partial charge in [0.05, 0.1) is 19.0 Å². The first-order valence-electron chi connectivity index (χ1n) is 5.54. The zero-order valence-electron chi connectivity index (χ0n) is 9.24. The first-order chi connectivity index (χ1) is 8.31. The van der Waals surface area contributed by atoms with E-state index in [9.17, 15) is 0 Å². The lowest BCUT2D eigenvalue weighted by atomic mass is 9.85. The van der Waals surface area contributed by atoms with Crippen molar-refractivity contribution in [1.29, 1.82) is 0 Å². The number of aliphatic hydroxyl groups excluding tert-OH is 1.